The fourth-order valence-corrected chi connectivity index (χ4v) is 4.36. The third-order valence-corrected chi connectivity index (χ3v) is 5.01. The number of amides is 1. The van der Waals surface area contributed by atoms with Crippen LogP contribution in [-0.4, -0.2) is 11.9 Å². The van der Waals surface area contributed by atoms with Crippen LogP contribution in [0.3, 0.4) is 0 Å². The number of carbonyl (C=O) groups is 1. The molecular weight excluding hydrogens is 224 g/mol. The molecule has 0 aromatic heterocycles. The molecule has 3 heteroatoms. The Kier molecular flexibility index (Phi) is 1.77. The Morgan fingerprint density at radius 1 is 1.44 bits per heavy atom. The van der Waals surface area contributed by atoms with Crippen LogP contribution in [0.5, 0.6) is 0 Å². The summed E-state index contributed by atoms with van der Waals surface area (Å²) in [5.41, 5.74) is 2.22. The van der Waals surface area contributed by atoms with Crippen molar-refractivity contribution in [1.82, 2.24) is 0 Å². The molecule has 3 nitrogen and oxygen atoms in total. The molecule has 3 atom stereocenters. The lowest BCUT2D eigenvalue weighted by molar-refractivity contribution is -0.123. The van der Waals surface area contributed by atoms with E-state index >= 15 is 0 Å². The summed E-state index contributed by atoms with van der Waals surface area (Å²) in [7, 11) is 0. The molecule has 3 aliphatic rings. The first-order valence-electron chi connectivity index (χ1n) is 6.56. The molecule has 1 saturated carbocycles. The Labute approximate surface area is 106 Å². The number of anilines is 1. The van der Waals surface area contributed by atoms with Gasteiger partial charge in [0.2, 0.25) is 5.91 Å². The van der Waals surface area contributed by atoms with Gasteiger partial charge in [-0.3, -0.25) is 4.79 Å². The second-order valence-corrected chi connectivity index (χ2v) is 5.72. The predicted molar refractivity (Wildman–Crippen MR) is 67.0 cm³/mol. The van der Waals surface area contributed by atoms with Gasteiger partial charge in [0.1, 0.15) is 0 Å². The number of nitrogens with zero attached hydrogens (tertiary/aromatic N) is 2. The Morgan fingerprint density at radius 3 is 3.11 bits per heavy atom. The summed E-state index contributed by atoms with van der Waals surface area (Å²) in [6.07, 6.45) is 3.28. The highest BCUT2D eigenvalue weighted by Crippen LogP contribution is 2.63. The Hall–Kier alpha value is -1.82. The van der Waals surface area contributed by atoms with Crippen molar-refractivity contribution in [2.45, 2.75) is 37.1 Å². The Balaban J connectivity index is 1.93. The van der Waals surface area contributed by atoms with E-state index in [2.05, 4.69) is 12.1 Å². The number of nitriles is 1. The van der Waals surface area contributed by atoms with Crippen molar-refractivity contribution in [1.29, 1.82) is 5.26 Å². The maximum Gasteiger partial charge on any atom is 0.227 e. The monoisotopic (exact) mass is 238 g/mol. The molecule has 0 N–H and O–H groups in total. The zero-order valence-corrected chi connectivity index (χ0v) is 10.1. The van der Waals surface area contributed by atoms with Gasteiger partial charge in [-0.2, -0.15) is 5.26 Å². The van der Waals surface area contributed by atoms with Crippen LogP contribution < -0.4 is 4.90 Å². The van der Waals surface area contributed by atoms with Crippen LogP contribution in [0.15, 0.2) is 24.3 Å². The molecule has 4 rings (SSSR count). The molecule has 1 amide bonds. The van der Waals surface area contributed by atoms with Gasteiger partial charge in [-0.1, -0.05) is 18.2 Å². The van der Waals surface area contributed by atoms with Crippen molar-refractivity contribution in [3.8, 4) is 6.07 Å². The number of piperidine rings is 1. The summed E-state index contributed by atoms with van der Waals surface area (Å²) in [6.45, 7) is 0. The van der Waals surface area contributed by atoms with Gasteiger partial charge >= 0.3 is 0 Å². The summed E-state index contributed by atoms with van der Waals surface area (Å²) in [6, 6.07) is 10.7. The third kappa shape index (κ3) is 0.940. The molecule has 2 heterocycles. The largest absolute Gasteiger partial charge is 0.308 e. The van der Waals surface area contributed by atoms with Gasteiger partial charge in [0.05, 0.1) is 12.1 Å². The molecule has 1 aliphatic carbocycles. The number of carbonyl (C=O) groups excluding carboxylic acids is 1. The molecular formula is C15H14N2O. The first kappa shape index (κ1) is 10.1. The first-order valence-corrected chi connectivity index (χ1v) is 6.56. The average Bonchev–Trinajstić information content (AvgIpc) is 2.61. The molecule has 2 fully saturated rings. The minimum Gasteiger partial charge on any atom is -0.308 e. The van der Waals surface area contributed by atoms with Crippen molar-refractivity contribution in [3.63, 3.8) is 0 Å². The van der Waals surface area contributed by atoms with E-state index in [1.807, 2.05) is 23.1 Å². The second kappa shape index (κ2) is 3.14. The lowest BCUT2D eigenvalue weighted by Crippen LogP contribution is -2.63. The van der Waals surface area contributed by atoms with E-state index in [0.29, 0.717) is 18.8 Å². The number of benzene rings is 1. The lowest BCUT2D eigenvalue weighted by atomic mass is 9.53. The van der Waals surface area contributed by atoms with Gasteiger partial charge in [-0.15, -0.1) is 0 Å². The molecule has 0 radical (unpaired) electrons. The van der Waals surface area contributed by atoms with Crippen molar-refractivity contribution in [3.05, 3.63) is 29.8 Å². The molecule has 2 aliphatic heterocycles. The molecule has 1 aromatic rings. The highest BCUT2D eigenvalue weighted by Gasteiger charge is 2.64. The van der Waals surface area contributed by atoms with Crippen molar-refractivity contribution < 1.29 is 4.79 Å². The van der Waals surface area contributed by atoms with E-state index in [4.69, 9.17) is 5.26 Å². The summed E-state index contributed by atoms with van der Waals surface area (Å²) in [5, 5.41) is 9.14. The normalized spacial score (nSPS) is 35.5. The molecule has 90 valence electrons. The summed E-state index contributed by atoms with van der Waals surface area (Å²) < 4.78 is 0. The van der Waals surface area contributed by atoms with Crippen molar-refractivity contribution in [2.75, 3.05) is 4.90 Å². The summed E-state index contributed by atoms with van der Waals surface area (Å²) in [5.74, 6) is 0.840. The summed E-state index contributed by atoms with van der Waals surface area (Å²) >= 11 is 0. The zero-order valence-electron chi connectivity index (χ0n) is 10.1. The maximum atomic E-state index is 12.2. The molecule has 1 saturated heterocycles. The summed E-state index contributed by atoms with van der Waals surface area (Å²) in [4.78, 5) is 14.2. The molecule has 1 aromatic carbocycles. The van der Waals surface area contributed by atoms with Gasteiger partial charge < -0.3 is 4.90 Å². The molecule has 18 heavy (non-hydrogen) atoms. The van der Waals surface area contributed by atoms with Gasteiger partial charge in [-0.25, -0.2) is 0 Å². The Morgan fingerprint density at radius 2 is 2.28 bits per heavy atom. The Bertz CT molecular complexity index is 588. The fourth-order valence-electron chi connectivity index (χ4n) is 4.36. The van der Waals surface area contributed by atoms with E-state index in [9.17, 15) is 4.79 Å². The smallest absolute Gasteiger partial charge is 0.227 e. The van der Waals surface area contributed by atoms with Gasteiger partial charge in [-0.05, 0) is 30.4 Å². The number of fused-ring (bicyclic) bond motifs is 3. The maximum absolute atomic E-state index is 12.2. The first-order chi connectivity index (χ1) is 8.78. The predicted octanol–water partition coefficient (Wildman–Crippen LogP) is 2.37. The molecule has 0 bridgehead atoms. The lowest BCUT2D eigenvalue weighted by Gasteiger charge is -2.55. The van der Waals surface area contributed by atoms with E-state index in [-0.39, 0.29) is 17.4 Å². The van der Waals surface area contributed by atoms with Gasteiger partial charge in [0.15, 0.2) is 0 Å². The van der Waals surface area contributed by atoms with Crippen LogP contribution in [-0.2, 0) is 10.2 Å². The number of hydrogen-bond acceptors (Lipinski definition) is 2. The van der Waals surface area contributed by atoms with E-state index < -0.39 is 0 Å². The fraction of sp³-hybridized carbons (Fsp3) is 0.467. The van der Waals surface area contributed by atoms with E-state index in [1.54, 1.807) is 0 Å². The average molecular weight is 238 g/mol. The van der Waals surface area contributed by atoms with E-state index in [1.165, 1.54) is 5.56 Å². The van der Waals surface area contributed by atoms with Crippen LogP contribution in [0, 0.1) is 17.2 Å². The number of hydrogen-bond donors (Lipinski definition) is 0. The third-order valence-electron chi connectivity index (χ3n) is 5.01. The van der Waals surface area contributed by atoms with Crippen molar-refractivity contribution >= 4 is 11.6 Å². The van der Waals surface area contributed by atoms with Crippen LogP contribution in [0.4, 0.5) is 5.69 Å². The minimum absolute atomic E-state index is 0.0634. The van der Waals surface area contributed by atoms with Crippen molar-refractivity contribution in [2.24, 2.45) is 5.92 Å². The number of rotatable bonds is 1. The number of para-hydroxylation sites is 1. The van der Waals surface area contributed by atoms with Crippen LogP contribution in [0.1, 0.15) is 31.2 Å². The zero-order chi connectivity index (χ0) is 12.3. The van der Waals surface area contributed by atoms with Gasteiger partial charge in [0.25, 0.3) is 0 Å². The van der Waals surface area contributed by atoms with Crippen LogP contribution in [0.2, 0.25) is 0 Å². The van der Waals surface area contributed by atoms with Crippen LogP contribution >= 0.6 is 0 Å². The highest BCUT2D eigenvalue weighted by molar-refractivity contribution is 5.99. The van der Waals surface area contributed by atoms with Crippen LogP contribution in [0.25, 0.3) is 0 Å². The second-order valence-electron chi connectivity index (χ2n) is 5.72. The molecule has 0 unspecified atom stereocenters. The topological polar surface area (TPSA) is 44.1 Å². The molecule has 0 spiro atoms. The quantitative estimate of drug-likeness (QED) is 0.754. The minimum atomic E-state index is -0.0634. The highest BCUT2D eigenvalue weighted by atomic mass is 16.2. The van der Waals surface area contributed by atoms with Gasteiger partial charge in [0, 0.05) is 23.9 Å². The van der Waals surface area contributed by atoms with E-state index in [0.717, 1.165) is 18.5 Å². The standard InChI is InChI=1S/C15H14N2O/c16-8-7-15-9-10-5-6-13(18)17(14(10)15)12-4-2-1-3-11(12)15/h1-4,10,14H,5-7,9H2/t10-,14-,15-/m0/s1. The SMILES string of the molecule is N#CC[C@]12C[C@@H]3CCC(=O)N(c4ccccc41)[C@@H]32.